The Kier molecular flexibility index (Phi) is 6.58. The Hall–Kier alpha value is -0.810. The Labute approximate surface area is 116 Å². The molecule has 0 aromatic rings. The van der Waals surface area contributed by atoms with Crippen molar-refractivity contribution in [2.75, 3.05) is 26.2 Å². The topological polar surface area (TPSA) is 67.6 Å². The molecule has 1 fully saturated rings. The van der Waals surface area contributed by atoms with Gasteiger partial charge in [0.15, 0.2) is 0 Å². The summed E-state index contributed by atoms with van der Waals surface area (Å²) in [6.07, 6.45) is 4.10. The molecule has 5 nitrogen and oxygen atoms in total. The highest BCUT2D eigenvalue weighted by Gasteiger charge is 2.25. The van der Waals surface area contributed by atoms with Gasteiger partial charge in [-0.25, -0.2) is 4.79 Å². The molecule has 0 radical (unpaired) electrons. The van der Waals surface area contributed by atoms with Crippen LogP contribution in [0.3, 0.4) is 0 Å². The van der Waals surface area contributed by atoms with Gasteiger partial charge < -0.3 is 20.7 Å². The van der Waals surface area contributed by atoms with Gasteiger partial charge in [0, 0.05) is 19.1 Å². The lowest BCUT2D eigenvalue weighted by molar-refractivity contribution is 0.0244. The molecule has 0 bridgehead atoms. The summed E-state index contributed by atoms with van der Waals surface area (Å²) in [4.78, 5) is 13.9. The SMILES string of the molecule is CC(C)(C)OC(=O)N1CCCCC(NCCCN)C1. The van der Waals surface area contributed by atoms with Crippen molar-refractivity contribution in [3.05, 3.63) is 0 Å². The van der Waals surface area contributed by atoms with E-state index in [1.807, 2.05) is 25.7 Å². The molecule has 0 spiro atoms. The van der Waals surface area contributed by atoms with Crippen LogP contribution in [0.4, 0.5) is 4.79 Å². The van der Waals surface area contributed by atoms with Gasteiger partial charge in [0.1, 0.15) is 5.60 Å². The molecule has 1 rings (SSSR count). The van der Waals surface area contributed by atoms with Crippen LogP contribution in [0.2, 0.25) is 0 Å². The molecule has 0 aromatic carbocycles. The molecule has 0 aliphatic carbocycles. The van der Waals surface area contributed by atoms with Gasteiger partial charge in [0.25, 0.3) is 0 Å². The van der Waals surface area contributed by atoms with Gasteiger partial charge in [0.05, 0.1) is 0 Å². The molecule has 1 amide bonds. The van der Waals surface area contributed by atoms with Gasteiger partial charge in [0.2, 0.25) is 0 Å². The fraction of sp³-hybridized carbons (Fsp3) is 0.929. The minimum Gasteiger partial charge on any atom is -0.444 e. The summed E-state index contributed by atoms with van der Waals surface area (Å²) in [5.74, 6) is 0. The first-order valence-electron chi connectivity index (χ1n) is 7.34. The van der Waals surface area contributed by atoms with Gasteiger partial charge in [-0.2, -0.15) is 0 Å². The maximum absolute atomic E-state index is 12.1. The molecule has 1 saturated heterocycles. The number of ether oxygens (including phenoxy) is 1. The fourth-order valence-electron chi connectivity index (χ4n) is 2.21. The molecule has 1 unspecified atom stereocenters. The number of nitrogens with zero attached hydrogens (tertiary/aromatic N) is 1. The van der Waals surface area contributed by atoms with Crippen molar-refractivity contribution in [3.8, 4) is 0 Å². The number of likely N-dealkylation sites (tertiary alicyclic amines) is 1. The van der Waals surface area contributed by atoms with E-state index in [0.717, 1.165) is 45.3 Å². The van der Waals surface area contributed by atoms with Gasteiger partial charge >= 0.3 is 6.09 Å². The average Bonchev–Trinajstić information content (AvgIpc) is 2.53. The highest BCUT2D eigenvalue weighted by molar-refractivity contribution is 5.68. The molecular weight excluding hydrogens is 242 g/mol. The third-order valence-electron chi connectivity index (χ3n) is 3.14. The molecule has 0 aromatic heterocycles. The van der Waals surface area contributed by atoms with E-state index in [0.29, 0.717) is 12.6 Å². The number of carbonyl (C=O) groups is 1. The number of hydrogen-bond donors (Lipinski definition) is 2. The summed E-state index contributed by atoms with van der Waals surface area (Å²) in [6, 6.07) is 0.363. The van der Waals surface area contributed by atoms with Gasteiger partial charge in [-0.15, -0.1) is 0 Å². The van der Waals surface area contributed by atoms with Gasteiger partial charge in [-0.05, 0) is 53.1 Å². The lowest BCUT2D eigenvalue weighted by Crippen LogP contribution is -2.44. The van der Waals surface area contributed by atoms with E-state index in [2.05, 4.69) is 5.32 Å². The lowest BCUT2D eigenvalue weighted by atomic mass is 10.1. The quantitative estimate of drug-likeness (QED) is 0.764. The maximum Gasteiger partial charge on any atom is 0.410 e. The normalized spacial score (nSPS) is 21.1. The predicted octanol–water partition coefficient (Wildman–Crippen LogP) is 1.71. The minimum absolute atomic E-state index is 0.194. The fourth-order valence-corrected chi connectivity index (χ4v) is 2.21. The highest BCUT2D eigenvalue weighted by atomic mass is 16.6. The largest absolute Gasteiger partial charge is 0.444 e. The molecule has 3 N–H and O–H groups in total. The van der Waals surface area contributed by atoms with Crippen molar-refractivity contribution in [1.82, 2.24) is 10.2 Å². The summed E-state index contributed by atoms with van der Waals surface area (Å²) in [5.41, 5.74) is 5.07. The van der Waals surface area contributed by atoms with E-state index in [1.165, 1.54) is 0 Å². The summed E-state index contributed by atoms with van der Waals surface area (Å²) in [7, 11) is 0. The van der Waals surface area contributed by atoms with E-state index in [-0.39, 0.29) is 6.09 Å². The van der Waals surface area contributed by atoms with Crippen LogP contribution in [-0.2, 0) is 4.74 Å². The molecule has 1 aliphatic rings. The monoisotopic (exact) mass is 271 g/mol. The van der Waals surface area contributed by atoms with E-state index < -0.39 is 5.60 Å². The maximum atomic E-state index is 12.1. The van der Waals surface area contributed by atoms with E-state index in [1.54, 1.807) is 0 Å². The summed E-state index contributed by atoms with van der Waals surface area (Å²) >= 11 is 0. The van der Waals surface area contributed by atoms with E-state index in [4.69, 9.17) is 10.5 Å². The van der Waals surface area contributed by atoms with Crippen LogP contribution in [0.25, 0.3) is 0 Å². The second kappa shape index (κ2) is 7.70. The second-order valence-electron chi connectivity index (χ2n) is 6.22. The number of nitrogens with two attached hydrogens (primary N) is 1. The Balaban J connectivity index is 2.46. The van der Waals surface area contributed by atoms with Crippen LogP contribution in [0.15, 0.2) is 0 Å². The van der Waals surface area contributed by atoms with Crippen molar-refractivity contribution >= 4 is 6.09 Å². The number of rotatable bonds is 4. The molecule has 0 saturated carbocycles. The summed E-state index contributed by atoms with van der Waals surface area (Å²) < 4.78 is 5.45. The van der Waals surface area contributed by atoms with Crippen molar-refractivity contribution in [2.24, 2.45) is 5.73 Å². The molecule has 1 heterocycles. The Morgan fingerprint density at radius 1 is 1.42 bits per heavy atom. The zero-order chi connectivity index (χ0) is 14.3. The van der Waals surface area contributed by atoms with E-state index >= 15 is 0 Å². The Bertz CT molecular complexity index is 276. The van der Waals surface area contributed by atoms with Crippen molar-refractivity contribution in [2.45, 2.75) is 58.1 Å². The summed E-state index contributed by atoms with van der Waals surface area (Å²) in [6.45, 7) is 8.86. The third-order valence-corrected chi connectivity index (χ3v) is 3.14. The van der Waals surface area contributed by atoms with Crippen molar-refractivity contribution in [3.63, 3.8) is 0 Å². The first kappa shape index (κ1) is 16.2. The Morgan fingerprint density at radius 2 is 2.16 bits per heavy atom. The van der Waals surface area contributed by atoms with Crippen molar-refractivity contribution < 1.29 is 9.53 Å². The number of carbonyl (C=O) groups excluding carboxylic acids is 1. The molecule has 1 aliphatic heterocycles. The molecule has 1 atom stereocenters. The molecule has 5 heteroatoms. The average molecular weight is 271 g/mol. The van der Waals surface area contributed by atoms with E-state index in [9.17, 15) is 4.79 Å². The number of hydrogen-bond acceptors (Lipinski definition) is 4. The highest BCUT2D eigenvalue weighted by Crippen LogP contribution is 2.15. The first-order valence-corrected chi connectivity index (χ1v) is 7.34. The molecular formula is C14H29N3O2. The van der Waals surface area contributed by atoms with Crippen LogP contribution < -0.4 is 11.1 Å². The Morgan fingerprint density at radius 3 is 2.79 bits per heavy atom. The van der Waals surface area contributed by atoms with Crippen LogP contribution in [0.1, 0.15) is 46.5 Å². The standard InChI is InChI=1S/C14H29N3O2/c1-14(2,3)19-13(18)17-10-5-4-7-12(11-17)16-9-6-8-15/h12,16H,4-11,15H2,1-3H3. The van der Waals surface area contributed by atoms with Gasteiger partial charge in [-0.3, -0.25) is 0 Å². The second-order valence-corrected chi connectivity index (χ2v) is 6.22. The number of nitrogens with one attached hydrogen (secondary N) is 1. The molecule has 112 valence electrons. The van der Waals surface area contributed by atoms with Crippen molar-refractivity contribution in [1.29, 1.82) is 0 Å². The molecule has 19 heavy (non-hydrogen) atoms. The van der Waals surface area contributed by atoms with Crippen LogP contribution in [-0.4, -0.2) is 48.8 Å². The van der Waals surface area contributed by atoms with Gasteiger partial charge in [-0.1, -0.05) is 6.42 Å². The smallest absolute Gasteiger partial charge is 0.410 e. The zero-order valence-electron chi connectivity index (χ0n) is 12.6. The van der Waals surface area contributed by atoms with Crippen LogP contribution >= 0.6 is 0 Å². The third kappa shape index (κ3) is 6.78. The predicted molar refractivity (Wildman–Crippen MR) is 77.1 cm³/mol. The minimum atomic E-state index is -0.425. The number of amides is 1. The summed E-state index contributed by atoms with van der Waals surface area (Å²) in [5, 5.41) is 3.48. The lowest BCUT2D eigenvalue weighted by Gasteiger charge is -2.28. The van der Waals surface area contributed by atoms with Crippen LogP contribution in [0.5, 0.6) is 0 Å². The zero-order valence-corrected chi connectivity index (χ0v) is 12.6. The first-order chi connectivity index (χ1) is 8.92. The van der Waals surface area contributed by atoms with Crippen LogP contribution in [0, 0.1) is 0 Å².